The summed E-state index contributed by atoms with van der Waals surface area (Å²) in [5.41, 5.74) is 2.10. The Balaban J connectivity index is 2.01. The van der Waals surface area contributed by atoms with E-state index in [2.05, 4.69) is 5.32 Å². The molecule has 1 atom stereocenters. The Morgan fingerprint density at radius 2 is 1.54 bits per heavy atom. The van der Waals surface area contributed by atoms with Gasteiger partial charge in [0.25, 0.3) is 10.0 Å². The first-order chi connectivity index (χ1) is 16.6. The highest BCUT2D eigenvalue weighted by Crippen LogP contribution is 2.26. The summed E-state index contributed by atoms with van der Waals surface area (Å²) in [7, 11) is -2.62. The van der Waals surface area contributed by atoms with Crippen molar-refractivity contribution in [2.75, 3.05) is 17.9 Å². The highest BCUT2D eigenvalue weighted by molar-refractivity contribution is 7.92. The average Bonchev–Trinajstić information content (AvgIpc) is 2.86. The monoisotopic (exact) mass is 513 g/mol. The number of benzene rings is 3. The summed E-state index contributed by atoms with van der Waals surface area (Å²) < 4.78 is 28.3. The Kier molecular flexibility index (Phi) is 8.53. The molecule has 35 heavy (non-hydrogen) atoms. The topological polar surface area (TPSA) is 86.8 Å². The zero-order chi connectivity index (χ0) is 25.6. The fourth-order valence-electron chi connectivity index (χ4n) is 3.55. The van der Waals surface area contributed by atoms with Crippen LogP contribution in [0.4, 0.5) is 5.69 Å². The maximum Gasteiger partial charge on any atom is 0.264 e. The van der Waals surface area contributed by atoms with E-state index in [-0.39, 0.29) is 17.3 Å². The molecule has 3 aromatic carbocycles. The van der Waals surface area contributed by atoms with Crippen LogP contribution < -0.4 is 9.62 Å². The van der Waals surface area contributed by atoms with E-state index in [0.717, 1.165) is 15.4 Å². The number of halogens is 1. The van der Waals surface area contributed by atoms with Gasteiger partial charge in [-0.3, -0.25) is 13.9 Å². The van der Waals surface area contributed by atoms with Crippen LogP contribution in [0.1, 0.15) is 18.1 Å². The van der Waals surface area contributed by atoms with Crippen LogP contribution in [0.3, 0.4) is 0 Å². The first-order valence-corrected chi connectivity index (χ1v) is 12.8. The molecule has 9 heteroatoms. The molecule has 0 saturated carbocycles. The van der Waals surface area contributed by atoms with Gasteiger partial charge in [0, 0.05) is 18.6 Å². The molecule has 0 aliphatic heterocycles. The van der Waals surface area contributed by atoms with E-state index in [0.29, 0.717) is 10.7 Å². The standard InChI is InChI=1S/C26H28ClN3O4S/c1-19-9-13-23(14-10-19)30(35(33,34)24-15-11-22(27)12-16-24)18-25(31)29(20(2)26(32)28-3)17-21-7-5-4-6-8-21/h4-16,20H,17-18H2,1-3H3,(H,28,32). The number of aryl methyl sites for hydroxylation is 1. The molecule has 0 fully saturated rings. The number of hydrogen-bond donors (Lipinski definition) is 1. The average molecular weight is 514 g/mol. The summed E-state index contributed by atoms with van der Waals surface area (Å²) in [6, 6.07) is 21.0. The van der Waals surface area contributed by atoms with Gasteiger partial charge in [-0.25, -0.2) is 8.42 Å². The normalized spacial score (nSPS) is 12.0. The van der Waals surface area contributed by atoms with Crippen LogP contribution in [0.15, 0.2) is 83.8 Å². The van der Waals surface area contributed by atoms with Gasteiger partial charge in [0.05, 0.1) is 10.6 Å². The zero-order valence-corrected chi connectivity index (χ0v) is 21.4. The van der Waals surface area contributed by atoms with Crippen molar-refractivity contribution in [1.29, 1.82) is 0 Å². The van der Waals surface area contributed by atoms with Gasteiger partial charge in [-0.1, -0.05) is 59.6 Å². The van der Waals surface area contributed by atoms with E-state index in [1.807, 2.05) is 37.3 Å². The molecule has 0 aliphatic carbocycles. The number of rotatable bonds is 9. The van der Waals surface area contributed by atoms with E-state index in [1.54, 1.807) is 31.2 Å². The lowest BCUT2D eigenvalue weighted by Gasteiger charge is -2.31. The Morgan fingerprint density at radius 1 is 0.943 bits per heavy atom. The Bertz CT molecular complexity index is 1260. The maximum absolute atomic E-state index is 13.6. The van der Waals surface area contributed by atoms with Crippen LogP contribution in [0.25, 0.3) is 0 Å². The second-order valence-corrected chi connectivity index (χ2v) is 10.4. The number of amides is 2. The summed E-state index contributed by atoms with van der Waals surface area (Å²) in [6.45, 7) is 3.17. The predicted molar refractivity (Wildman–Crippen MR) is 138 cm³/mol. The van der Waals surface area contributed by atoms with Gasteiger partial charge in [0.1, 0.15) is 12.6 Å². The van der Waals surface area contributed by atoms with Gasteiger partial charge >= 0.3 is 0 Å². The Morgan fingerprint density at radius 3 is 2.11 bits per heavy atom. The fourth-order valence-corrected chi connectivity index (χ4v) is 5.09. The molecule has 0 aliphatic rings. The van der Waals surface area contributed by atoms with Crippen LogP contribution in [0.2, 0.25) is 5.02 Å². The molecule has 0 radical (unpaired) electrons. The third-order valence-corrected chi connectivity index (χ3v) is 7.65. The van der Waals surface area contributed by atoms with Crippen LogP contribution >= 0.6 is 11.6 Å². The molecule has 0 heterocycles. The lowest BCUT2D eigenvalue weighted by atomic mass is 10.1. The number of carbonyl (C=O) groups is 2. The Labute approximate surface area is 211 Å². The highest BCUT2D eigenvalue weighted by Gasteiger charge is 2.32. The predicted octanol–water partition coefficient (Wildman–Crippen LogP) is 4.01. The van der Waals surface area contributed by atoms with Crippen LogP contribution in [-0.4, -0.2) is 44.8 Å². The van der Waals surface area contributed by atoms with Crippen molar-refractivity contribution in [2.24, 2.45) is 0 Å². The van der Waals surface area contributed by atoms with Crippen LogP contribution in [-0.2, 0) is 26.2 Å². The molecule has 2 amide bonds. The molecule has 7 nitrogen and oxygen atoms in total. The van der Waals surface area contributed by atoms with Gasteiger partial charge in [-0.15, -0.1) is 0 Å². The van der Waals surface area contributed by atoms with Crippen molar-refractivity contribution in [1.82, 2.24) is 10.2 Å². The molecule has 0 spiro atoms. The lowest BCUT2D eigenvalue weighted by Crippen LogP contribution is -2.50. The number of anilines is 1. The van der Waals surface area contributed by atoms with Crippen molar-refractivity contribution < 1.29 is 18.0 Å². The zero-order valence-electron chi connectivity index (χ0n) is 19.8. The first-order valence-electron chi connectivity index (χ1n) is 11.0. The summed E-state index contributed by atoms with van der Waals surface area (Å²) in [5, 5.41) is 2.96. The van der Waals surface area contributed by atoms with Crippen molar-refractivity contribution >= 4 is 39.1 Å². The first kappa shape index (κ1) is 26.2. The molecule has 0 saturated heterocycles. The Hall–Kier alpha value is -3.36. The molecule has 3 aromatic rings. The number of nitrogens with zero attached hydrogens (tertiary/aromatic N) is 2. The van der Waals surface area contributed by atoms with E-state index in [9.17, 15) is 18.0 Å². The van der Waals surface area contributed by atoms with Crippen molar-refractivity contribution in [2.45, 2.75) is 31.3 Å². The highest BCUT2D eigenvalue weighted by atomic mass is 35.5. The summed E-state index contributed by atoms with van der Waals surface area (Å²) >= 11 is 5.95. The molecule has 184 valence electrons. The van der Waals surface area contributed by atoms with Crippen molar-refractivity contribution in [3.63, 3.8) is 0 Å². The molecule has 0 bridgehead atoms. The molecule has 0 aromatic heterocycles. The second-order valence-electron chi connectivity index (χ2n) is 8.10. The minimum atomic E-state index is -4.11. The maximum atomic E-state index is 13.6. The molecule has 3 rings (SSSR count). The lowest BCUT2D eigenvalue weighted by molar-refractivity contribution is -0.139. The third kappa shape index (κ3) is 6.41. The van der Waals surface area contributed by atoms with Crippen LogP contribution in [0, 0.1) is 6.92 Å². The SMILES string of the molecule is CNC(=O)C(C)N(Cc1ccccc1)C(=O)CN(c1ccc(C)cc1)S(=O)(=O)c1ccc(Cl)cc1. The number of hydrogen-bond acceptors (Lipinski definition) is 4. The van der Waals surface area contributed by atoms with Crippen molar-refractivity contribution in [3.8, 4) is 0 Å². The minimum absolute atomic E-state index is 0.00392. The summed E-state index contributed by atoms with van der Waals surface area (Å²) in [5.74, 6) is -0.861. The molecule has 1 N–H and O–H groups in total. The van der Waals surface area contributed by atoms with E-state index in [1.165, 1.54) is 36.2 Å². The smallest absolute Gasteiger partial charge is 0.264 e. The van der Waals surface area contributed by atoms with Crippen molar-refractivity contribution in [3.05, 3.63) is 95.0 Å². The number of sulfonamides is 1. The van der Waals surface area contributed by atoms with Gasteiger partial charge in [0.2, 0.25) is 11.8 Å². The van der Waals surface area contributed by atoms with Gasteiger partial charge in [-0.2, -0.15) is 0 Å². The number of carbonyl (C=O) groups excluding carboxylic acids is 2. The van der Waals surface area contributed by atoms with E-state index >= 15 is 0 Å². The second kappa shape index (κ2) is 11.4. The van der Waals surface area contributed by atoms with Gasteiger partial charge in [0.15, 0.2) is 0 Å². The van der Waals surface area contributed by atoms with Crippen LogP contribution in [0.5, 0.6) is 0 Å². The fraction of sp³-hybridized carbons (Fsp3) is 0.231. The molecule has 1 unspecified atom stereocenters. The largest absolute Gasteiger partial charge is 0.357 e. The number of likely N-dealkylation sites (N-methyl/N-ethyl adjacent to an activating group) is 1. The van der Waals surface area contributed by atoms with E-state index in [4.69, 9.17) is 11.6 Å². The minimum Gasteiger partial charge on any atom is -0.357 e. The quantitative estimate of drug-likeness (QED) is 0.468. The molecular weight excluding hydrogens is 486 g/mol. The molecular formula is C26H28ClN3O4S. The third-order valence-electron chi connectivity index (χ3n) is 5.61. The van der Waals surface area contributed by atoms with Gasteiger partial charge < -0.3 is 10.2 Å². The number of nitrogens with one attached hydrogen (secondary N) is 1. The van der Waals surface area contributed by atoms with Gasteiger partial charge in [-0.05, 0) is 55.8 Å². The van der Waals surface area contributed by atoms with E-state index < -0.39 is 28.5 Å². The summed E-state index contributed by atoms with van der Waals surface area (Å²) in [6.07, 6.45) is 0. The summed E-state index contributed by atoms with van der Waals surface area (Å²) in [4.78, 5) is 27.4.